The first-order valence-electron chi connectivity index (χ1n) is 4.90. The summed E-state index contributed by atoms with van der Waals surface area (Å²) in [5.41, 5.74) is 1.95. The topological polar surface area (TPSA) is 35.0 Å². The van der Waals surface area contributed by atoms with E-state index in [2.05, 4.69) is 25.9 Å². The van der Waals surface area contributed by atoms with E-state index in [-0.39, 0.29) is 0 Å². The molecule has 0 spiro atoms. The lowest BCUT2D eigenvalue weighted by Gasteiger charge is -2.08. The first-order chi connectivity index (χ1) is 7.77. The highest BCUT2D eigenvalue weighted by Gasteiger charge is 2.04. The molecule has 0 bridgehead atoms. The third-order valence-electron chi connectivity index (χ3n) is 2.21. The number of ether oxygens (including phenoxy) is 1. The van der Waals surface area contributed by atoms with Gasteiger partial charge in [0.2, 0.25) is 0 Å². The van der Waals surface area contributed by atoms with Gasteiger partial charge in [0.1, 0.15) is 12.4 Å². The Bertz CT molecular complexity index is 474. The number of rotatable bonds is 3. The van der Waals surface area contributed by atoms with Crippen LogP contribution in [0.3, 0.4) is 0 Å². The third kappa shape index (κ3) is 2.58. The van der Waals surface area contributed by atoms with Gasteiger partial charge in [-0.3, -0.25) is 9.97 Å². The zero-order valence-corrected chi connectivity index (χ0v) is 10.4. The molecule has 0 atom stereocenters. The molecule has 0 aromatic carbocycles. The van der Waals surface area contributed by atoms with E-state index in [4.69, 9.17) is 4.74 Å². The lowest BCUT2D eigenvalue weighted by atomic mass is 10.3. The Morgan fingerprint density at radius 3 is 2.94 bits per heavy atom. The van der Waals surface area contributed by atoms with Crippen molar-refractivity contribution in [2.24, 2.45) is 0 Å². The van der Waals surface area contributed by atoms with Crippen LogP contribution in [0.5, 0.6) is 5.75 Å². The summed E-state index contributed by atoms with van der Waals surface area (Å²) in [6.45, 7) is 2.44. The minimum Gasteiger partial charge on any atom is -0.485 e. The standard InChI is InChI=1S/C12H11BrN2O/c1-9-11(13)6-14-7-12(9)16-8-10-4-2-3-5-15-10/h2-7H,8H2,1H3. The van der Waals surface area contributed by atoms with Crippen LogP contribution in [0.15, 0.2) is 41.3 Å². The Kier molecular flexibility index (Phi) is 3.51. The lowest BCUT2D eigenvalue weighted by molar-refractivity contribution is 0.298. The summed E-state index contributed by atoms with van der Waals surface area (Å²) in [5.74, 6) is 0.778. The van der Waals surface area contributed by atoms with E-state index in [0.29, 0.717) is 6.61 Å². The van der Waals surface area contributed by atoms with Crippen molar-refractivity contribution in [3.8, 4) is 5.75 Å². The second kappa shape index (κ2) is 5.07. The van der Waals surface area contributed by atoms with Gasteiger partial charge >= 0.3 is 0 Å². The van der Waals surface area contributed by atoms with Crippen LogP contribution in [0.2, 0.25) is 0 Å². The highest BCUT2D eigenvalue weighted by molar-refractivity contribution is 9.10. The fraction of sp³-hybridized carbons (Fsp3) is 0.167. The zero-order valence-electron chi connectivity index (χ0n) is 8.85. The summed E-state index contributed by atoms with van der Waals surface area (Å²) in [4.78, 5) is 8.25. The van der Waals surface area contributed by atoms with E-state index in [1.165, 1.54) is 0 Å². The van der Waals surface area contributed by atoms with Crippen molar-refractivity contribution in [2.45, 2.75) is 13.5 Å². The smallest absolute Gasteiger partial charge is 0.142 e. The predicted octanol–water partition coefficient (Wildman–Crippen LogP) is 3.13. The molecule has 0 aliphatic carbocycles. The largest absolute Gasteiger partial charge is 0.485 e. The van der Waals surface area contributed by atoms with E-state index in [1.807, 2.05) is 25.1 Å². The molecule has 0 saturated heterocycles. The van der Waals surface area contributed by atoms with Gasteiger partial charge in [0.05, 0.1) is 11.9 Å². The number of pyridine rings is 2. The third-order valence-corrected chi connectivity index (χ3v) is 3.01. The highest BCUT2D eigenvalue weighted by atomic mass is 79.9. The molecule has 0 unspecified atom stereocenters. The zero-order chi connectivity index (χ0) is 11.4. The fourth-order valence-electron chi connectivity index (χ4n) is 1.26. The summed E-state index contributed by atoms with van der Waals surface area (Å²) in [7, 11) is 0. The number of hydrogen-bond donors (Lipinski definition) is 0. The Labute approximate surface area is 103 Å². The van der Waals surface area contributed by atoms with Crippen LogP contribution >= 0.6 is 15.9 Å². The maximum atomic E-state index is 5.65. The Hall–Kier alpha value is -1.42. The SMILES string of the molecule is Cc1c(Br)cncc1OCc1ccccn1. The van der Waals surface area contributed by atoms with Gasteiger partial charge in [-0.05, 0) is 35.0 Å². The van der Waals surface area contributed by atoms with Gasteiger partial charge in [0.15, 0.2) is 0 Å². The molecule has 2 heterocycles. The first kappa shape index (κ1) is 11.1. The molecule has 2 aromatic rings. The molecule has 0 amide bonds. The number of nitrogens with zero attached hydrogens (tertiary/aromatic N) is 2. The van der Waals surface area contributed by atoms with Crippen molar-refractivity contribution < 1.29 is 4.74 Å². The van der Waals surface area contributed by atoms with Crippen LogP contribution in [0.1, 0.15) is 11.3 Å². The molecular weight excluding hydrogens is 268 g/mol. The average molecular weight is 279 g/mol. The molecule has 2 aromatic heterocycles. The molecule has 82 valence electrons. The van der Waals surface area contributed by atoms with Gasteiger partial charge in [-0.15, -0.1) is 0 Å². The van der Waals surface area contributed by atoms with Crippen LogP contribution in [-0.2, 0) is 6.61 Å². The Morgan fingerprint density at radius 1 is 1.31 bits per heavy atom. The second-order valence-corrected chi connectivity index (χ2v) is 4.21. The van der Waals surface area contributed by atoms with E-state index in [9.17, 15) is 0 Å². The number of aromatic nitrogens is 2. The quantitative estimate of drug-likeness (QED) is 0.865. The Morgan fingerprint density at radius 2 is 2.19 bits per heavy atom. The first-order valence-corrected chi connectivity index (χ1v) is 5.69. The van der Waals surface area contributed by atoms with E-state index in [1.54, 1.807) is 18.6 Å². The van der Waals surface area contributed by atoms with Gasteiger partial charge in [-0.2, -0.15) is 0 Å². The summed E-state index contributed by atoms with van der Waals surface area (Å²) in [6, 6.07) is 5.76. The van der Waals surface area contributed by atoms with Crippen molar-refractivity contribution in [1.82, 2.24) is 9.97 Å². The molecular formula is C12H11BrN2O. The maximum absolute atomic E-state index is 5.65. The summed E-state index contributed by atoms with van der Waals surface area (Å²) in [6.07, 6.45) is 5.22. The van der Waals surface area contributed by atoms with Crippen LogP contribution < -0.4 is 4.74 Å². The highest BCUT2D eigenvalue weighted by Crippen LogP contribution is 2.24. The van der Waals surface area contributed by atoms with Crippen LogP contribution in [0.4, 0.5) is 0 Å². The van der Waals surface area contributed by atoms with Crippen molar-refractivity contribution >= 4 is 15.9 Å². The second-order valence-electron chi connectivity index (χ2n) is 3.35. The van der Waals surface area contributed by atoms with Gasteiger partial charge in [-0.25, -0.2) is 0 Å². The van der Waals surface area contributed by atoms with Gasteiger partial charge in [-0.1, -0.05) is 6.07 Å². The van der Waals surface area contributed by atoms with E-state index < -0.39 is 0 Å². The Balaban J connectivity index is 2.08. The summed E-state index contributed by atoms with van der Waals surface area (Å²) < 4.78 is 6.60. The van der Waals surface area contributed by atoms with Gasteiger partial charge in [0, 0.05) is 22.4 Å². The minimum atomic E-state index is 0.458. The average Bonchev–Trinajstić information content (AvgIpc) is 2.32. The maximum Gasteiger partial charge on any atom is 0.142 e. The van der Waals surface area contributed by atoms with Crippen molar-refractivity contribution in [1.29, 1.82) is 0 Å². The summed E-state index contributed by atoms with van der Waals surface area (Å²) >= 11 is 3.41. The van der Waals surface area contributed by atoms with Gasteiger partial charge < -0.3 is 4.74 Å². The van der Waals surface area contributed by atoms with Crippen molar-refractivity contribution in [3.05, 3.63) is 52.5 Å². The van der Waals surface area contributed by atoms with Crippen molar-refractivity contribution in [3.63, 3.8) is 0 Å². The molecule has 0 saturated carbocycles. The predicted molar refractivity (Wildman–Crippen MR) is 65.2 cm³/mol. The van der Waals surface area contributed by atoms with Gasteiger partial charge in [0.25, 0.3) is 0 Å². The molecule has 0 aliphatic heterocycles. The number of hydrogen-bond acceptors (Lipinski definition) is 3. The lowest BCUT2D eigenvalue weighted by Crippen LogP contribution is -1.99. The molecule has 4 heteroatoms. The molecule has 0 radical (unpaired) electrons. The van der Waals surface area contributed by atoms with Crippen LogP contribution in [0.25, 0.3) is 0 Å². The normalized spacial score (nSPS) is 10.1. The van der Waals surface area contributed by atoms with Crippen LogP contribution in [-0.4, -0.2) is 9.97 Å². The molecule has 2 rings (SSSR count). The summed E-state index contributed by atoms with van der Waals surface area (Å²) in [5, 5.41) is 0. The van der Waals surface area contributed by atoms with Crippen LogP contribution in [0, 0.1) is 6.92 Å². The molecule has 16 heavy (non-hydrogen) atoms. The van der Waals surface area contributed by atoms with E-state index in [0.717, 1.165) is 21.5 Å². The molecule has 3 nitrogen and oxygen atoms in total. The monoisotopic (exact) mass is 278 g/mol. The molecule has 0 N–H and O–H groups in total. The van der Waals surface area contributed by atoms with Crippen molar-refractivity contribution in [2.75, 3.05) is 0 Å². The minimum absolute atomic E-state index is 0.458. The van der Waals surface area contributed by atoms with E-state index >= 15 is 0 Å². The molecule has 0 fully saturated rings. The fourth-order valence-corrected chi connectivity index (χ4v) is 1.58. The molecule has 0 aliphatic rings. The number of halogens is 1.